The van der Waals surface area contributed by atoms with Gasteiger partial charge >= 0.3 is 0 Å². The van der Waals surface area contributed by atoms with Gasteiger partial charge in [-0.2, -0.15) is 0 Å². The molecule has 4 heteroatoms. The molecule has 1 unspecified atom stereocenters. The molecule has 0 saturated carbocycles. The van der Waals surface area contributed by atoms with Gasteiger partial charge in [-0.25, -0.2) is 4.98 Å². The monoisotopic (exact) mass is 226 g/mol. The molecule has 2 rings (SSSR count). The summed E-state index contributed by atoms with van der Waals surface area (Å²) in [6, 6.07) is 0.526. The average Bonchev–Trinajstić information content (AvgIpc) is 2.85. The van der Waals surface area contributed by atoms with Crippen LogP contribution in [0.25, 0.3) is 0 Å². The zero-order chi connectivity index (χ0) is 10.7. The van der Waals surface area contributed by atoms with Crippen LogP contribution in [0.5, 0.6) is 0 Å². The first-order valence-corrected chi connectivity index (χ1v) is 6.37. The van der Waals surface area contributed by atoms with Gasteiger partial charge in [0.1, 0.15) is 11.1 Å². The minimum atomic E-state index is 0.266. The zero-order valence-corrected chi connectivity index (χ0v) is 10.1. The summed E-state index contributed by atoms with van der Waals surface area (Å²) in [5.41, 5.74) is 0. The van der Waals surface area contributed by atoms with E-state index in [0.29, 0.717) is 6.04 Å². The van der Waals surface area contributed by atoms with E-state index in [0.717, 1.165) is 24.6 Å². The number of hydrogen-bond donors (Lipinski definition) is 1. The maximum absolute atomic E-state index is 5.61. The van der Waals surface area contributed by atoms with Crippen molar-refractivity contribution in [2.24, 2.45) is 0 Å². The maximum Gasteiger partial charge on any atom is 0.122 e. The highest BCUT2D eigenvalue weighted by Gasteiger charge is 2.20. The summed E-state index contributed by atoms with van der Waals surface area (Å²) in [6.45, 7) is 6.12. The lowest BCUT2D eigenvalue weighted by atomic mass is 10.2. The van der Waals surface area contributed by atoms with Gasteiger partial charge in [-0.3, -0.25) is 0 Å². The van der Waals surface area contributed by atoms with Gasteiger partial charge in [-0.1, -0.05) is 13.8 Å². The molecule has 1 saturated heterocycles. The van der Waals surface area contributed by atoms with Crippen molar-refractivity contribution < 1.29 is 4.74 Å². The lowest BCUT2D eigenvalue weighted by molar-refractivity contribution is 0.111. The fourth-order valence-electron chi connectivity index (χ4n) is 1.63. The first kappa shape index (κ1) is 11.0. The molecule has 0 aliphatic carbocycles. The normalized spacial score (nSPS) is 21.4. The molecule has 0 spiro atoms. The van der Waals surface area contributed by atoms with Crippen LogP contribution >= 0.6 is 11.3 Å². The molecule has 1 atom stereocenters. The van der Waals surface area contributed by atoms with Crippen molar-refractivity contribution in [2.45, 2.75) is 45.4 Å². The average molecular weight is 226 g/mol. The van der Waals surface area contributed by atoms with E-state index in [-0.39, 0.29) is 6.10 Å². The third-order valence-corrected chi connectivity index (χ3v) is 3.55. The lowest BCUT2D eigenvalue weighted by Gasteiger charge is -2.05. The van der Waals surface area contributed by atoms with Crippen molar-refractivity contribution >= 4 is 11.3 Å². The molecular weight excluding hydrogens is 208 g/mol. The number of hydrogen-bond acceptors (Lipinski definition) is 4. The van der Waals surface area contributed by atoms with Crippen molar-refractivity contribution in [3.63, 3.8) is 0 Å². The van der Waals surface area contributed by atoms with Crippen molar-refractivity contribution in [3.8, 4) is 0 Å². The zero-order valence-electron chi connectivity index (χ0n) is 9.32. The Morgan fingerprint density at radius 1 is 1.67 bits per heavy atom. The summed E-state index contributed by atoms with van der Waals surface area (Å²) in [5, 5.41) is 4.54. The molecular formula is C11H18N2OS. The molecule has 1 aliphatic heterocycles. The topological polar surface area (TPSA) is 34.2 Å². The van der Waals surface area contributed by atoms with Crippen LogP contribution in [0, 0.1) is 0 Å². The summed E-state index contributed by atoms with van der Waals surface area (Å²) in [5.74, 6) is 0. The smallest absolute Gasteiger partial charge is 0.122 e. The van der Waals surface area contributed by atoms with E-state index in [2.05, 4.69) is 24.1 Å². The van der Waals surface area contributed by atoms with Gasteiger partial charge in [0.05, 0.1) is 0 Å². The predicted octanol–water partition coefficient (Wildman–Crippen LogP) is 2.49. The number of rotatable bonds is 4. The van der Waals surface area contributed by atoms with Gasteiger partial charge in [-0.15, -0.1) is 11.3 Å². The second kappa shape index (κ2) is 5.05. The third-order valence-electron chi connectivity index (χ3n) is 2.46. The maximum atomic E-state index is 5.61. The predicted molar refractivity (Wildman–Crippen MR) is 62.0 cm³/mol. The van der Waals surface area contributed by atoms with E-state index in [9.17, 15) is 0 Å². The van der Waals surface area contributed by atoms with Crippen LogP contribution in [0.1, 0.15) is 42.7 Å². The van der Waals surface area contributed by atoms with Crippen molar-refractivity contribution in [1.29, 1.82) is 0 Å². The Morgan fingerprint density at radius 2 is 2.53 bits per heavy atom. The van der Waals surface area contributed by atoms with Crippen LogP contribution in [-0.2, 0) is 11.3 Å². The Labute approximate surface area is 94.9 Å². The number of nitrogens with one attached hydrogen (secondary N) is 1. The number of thiazole rings is 1. The molecule has 2 heterocycles. The van der Waals surface area contributed by atoms with Crippen LogP contribution in [0.15, 0.2) is 6.20 Å². The summed E-state index contributed by atoms with van der Waals surface area (Å²) in [4.78, 5) is 5.73. The molecule has 0 bridgehead atoms. The largest absolute Gasteiger partial charge is 0.371 e. The lowest BCUT2D eigenvalue weighted by Crippen LogP contribution is -2.21. The molecule has 1 fully saturated rings. The van der Waals surface area contributed by atoms with Crippen LogP contribution in [0.2, 0.25) is 0 Å². The van der Waals surface area contributed by atoms with Crippen LogP contribution < -0.4 is 5.32 Å². The third kappa shape index (κ3) is 3.00. The summed E-state index contributed by atoms with van der Waals surface area (Å²) < 4.78 is 5.61. The number of aromatic nitrogens is 1. The van der Waals surface area contributed by atoms with Gasteiger partial charge in [0.15, 0.2) is 0 Å². The van der Waals surface area contributed by atoms with Gasteiger partial charge < -0.3 is 10.1 Å². The molecule has 15 heavy (non-hydrogen) atoms. The summed E-state index contributed by atoms with van der Waals surface area (Å²) in [7, 11) is 0. The second-order valence-corrected chi connectivity index (χ2v) is 5.35. The molecule has 1 N–H and O–H groups in total. The first-order chi connectivity index (χ1) is 7.25. The standard InChI is InChI=1S/C11H18N2OS/c1-8(2)12-6-9-7-13-11(15-9)10-4-3-5-14-10/h7-8,10,12H,3-6H2,1-2H3. The molecule has 1 aliphatic rings. The Kier molecular flexibility index (Phi) is 3.72. The quantitative estimate of drug-likeness (QED) is 0.856. The van der Waals surface area contributed by atoms with Gasteiger partial charge in [-0.05, 0) is 12.8 Å². The Morgan fingerprint density at radius 3 is 3.20 bits per heavy atom. The van der Waals surface area contributed by atoms with Crippen LogP contribution in [-0.4, -0.2) is 17.6 Å². The van der Waals surface area contributed by atoms with Crippen molar-refractivity contribution in [3.05, 3.63) is 16.1 Å². The van der Waals surface area contributed by atoms with E-state index >= 15 is 0 Å². The Balaban J connectivity index is 1.91. The highest BCUT2D eigenvalue weighted by molar-refractivity contribution is 7.11. The minimum Gasteiger partial charge on any atom is -0.371 e. The van der Waals surface area contributed by atoms with E-state index < -0.39 is 0 Å². The first-order valence-electron chi connectivity index (χ1n) is 5.55. The molecule has 84 valence electrons. The SMILES string of the molecule is CC(C)NCc1cnc(C2CCCO2)s1. The van der Waals surface area contributed by atoms with Gasteiger partial charge in [0, 0.05) is 30.3 Å². The van der Waals surface area contributed by atoms with Gasteiger partial charge in [0.2, 0.25) is 0 Å². The molecule has 1 aromatic rings. The Bertz CT molecular complexity index is 305. The van der Waals surface area contributed by atoms with E-state index in [1.807, 2.05) is 6.20 Å². The molecule has 1 aromatic heterocycles. The summed E-state index contributed by atoms with van der Waals surface area (Å²) in [6.07, 6.45) is 4.54. The second-order valence-electron chi connectivity index (χ2n) is 4.20. The van der Waals surface area contributed by atoms with Gasteiger partial charge in [0.25, 0.3) is 0 Å². The molecule has 3 nitrogen and oxygen atoms in total. The van der Waals surface area contributed by atoms with Crippen molar-refractivity contribution in [2.75, 3.05) is 6.61 Å². The number of nitrogens with zero attached hydrogens (tertiary/aromatic N) is 1. The summed E-state index contributed by atoms with van der Waals surface area (Å²) >= 11 is 1.77. The van der Waals surface area contributed by atoms with Crippen LogP contribution in [0.3, 0.4) is 0 Å². The number of ether oxygens (including phenoxy) is 1. The van der Waals surface area contributed by atoms with Crippen LogP contribution in [0.4, 0.5) is 0 Å². The minimum absolute atomic E-state index is 0.266. The molecule has 0 radical (unpaired) electrons. The Hall–Kier alpha value is -0.450. The molecule has 0 amide bonds. The van der Waals surface area contributed by atoms with E-state index in [1.54, 1.807) is 11.3 Å². The highest BCUT2D eigenvalue weighted by atomic mass is 32.1. The van der Waals surface area contributed by atoms with E-state index in [4.69, 9.17) is 4.74 Å². The van der Waals surface area contributed by atoms with Crippen molar-refractivity contribution in [1.82, 2.24) is 10.3 Å². The highest BCUT2D eigenvalue weighted by Crippen LogP contribution is 2.31. The fraction of sp³-hybridized carbons (Fsp3) is 0.727. The van der Waals surface area contributed by atoms with E-state index in [1.165, 1.54) is 11.3 Å². The fourth-order valence-corrected chi connectivity index (χ4v) is 2.58. The molecule has 0 aromatic carbocycles.